The number of methoxy groups -OCH3 is 1. The smallest absolute Gasteiger partial charge is 0.341 e. The monoisotopic (exact) mass is 324 g/mol. The van der Waals surface area contributed by atoms with Crippen molar-refractivity contribution in [2.75, 3.05) is 25.1 Å². The Balaban J connectivity index is 1.85. The molecule has 1 aromatic heterocycles. The van der Waals surface area contributed by atoms with Gasteiger partial charge in [0.1, 0.15) is 11.4 Å². The van der Waals surface area contributed by atoms with Crippen LogP contribution in [0.25, 0.3) is 0 Å². The number of hydrogen-bond acceptors (Lipinski definition) is 4. The van der Waals surface area contributed by atoms with E-state index in [0.29, 0.717) is 30.3 Å². The van der Waals surface area contributed by atoms with Crippen LogP contribution >= 0.6 is 0 Å². The van der Waals surface area contributed by atoms with Gasteiger partial charge in [-0.3, -0.25) is 0 Å². The Morgan fingerprint density at radius 2 is 2.17 bits per heavy atom. The molecule has 1 aliphatic carbocycles. The maximum absolute atomic E-state index is 13.6. The molecule has 1 saturated carbocycles. The van der Waals surface area contributed by atoms with Crippen molar-refractivity contribution in [1.29, 1.82) is 0 Å². The van der Waals surface area contributed by atoms with E-state index in [9.17, 15) is 13.6 Å². The zero-order chi connectivity index (χ0) is 16.4. The Bertz CT molecular complexity index is 588. The average molecular weight is 324 g/mol. The molecule has 1 aliphatic heterocycles. The van der Waals surface area contributed by atoms with Gasteiger partial charge in [-0.2, -0.15) is 0 Å². The fourth-order valence-corrected chi connectivity index (χ4v) is 3.06. The highest BCUT2D eigenvalue weighted by Gasteiger charge is 2.33. The molecule has 4 nitrogen and oxygen atoms in total. The van der Waals surface area contributed by atoms with E-state index in [-0.39, 0.29) is 19.4 Å². The number of carbonyl (C=O) groups excluding carboxylic acids is 1. The first kappa shape index (κ1) is 16.1. The normalized spacial score (nSPS) is 20.9. The minimum Gasteiger partial charge on any atom is -0.465 e. The lowest BCUT2D eigenvalue weighted by atomic mass is 10.1. The number of nitrogens with zero attached hydrogens (tertiary/aromatic N) is 2. The lowest BCUT2D eigenvalue weighted by Gasteiger charge is -2.24. The molecule has 1 aromatic rings. The molecule has 1 saturated heterocycles. The number of ether oxygens (including phenoxy) is 1. The summed E-state index contributed by atoms with van der Waals surface area (Å²) < 4.78 is 32.0. The van der Waals surface area contributed by atoms with Gasteiger partial charge >= 0.3 is 5.97 Å². The SMILES string of the molecule is COC(=O)c1cc(CC2CC2)cnc1N1CCCC(F)(F)CC1. The van der Waals surface area contributed by atoms with E-state index in [1.165, 1.54) is 20.0 Å². The third-order valence-electron chi connectivity index (χ3n) is 4.57. The van der Waals surface area contributed by atoms with Crippen LogP contribution in [-0.2, 0) is 11.2 Å². The second-order valence-corrected chi connectivity index (χ2v) is 6.55. The third kappa shape index (κ3) is 3.98. The van der Waals surface area contributed by atoms with Gasteiger partial charge in [-0.25, -0.2) is 18.6 Å². The van der Waals surface area contributed by atoms with Crippen LogP contribution in [0.5, 0.6) is 0 Å². The molecule has 0 unspecified atom stereocenters. The highest BCUT2D eigenvalue weighted by atomic mass is 19.3. The Hall–Kier alpha value is -1.72. The van der Waals surface area contributed by atoms with Crippen molar-refractivity contribution in [1.82, 2.24) is 4.98 Å². The van der Waals surface area contributed by atoms with Crippen LogP contribution in [-0.4, -0.2) is 37.1 Å². The lowest BCUT2D eigenvalue weighted by Crippen LogP contribution is -2.28. The molecule has 0 bridgehead atoms. The molecule has 2 aliphatic rings. The highest BCUT2D eigenvalue weighted by Crippen LogP contribution is 2.34. The molecular weight excluding hydrogens is 302 g/mol. The molecule has 0 atom stereocenters. The van der Waals surface area contributed by atoms with Gasteiger partial charge < -0.3 is 9.64 Å². The number of pyridine rings is 1. The predicted molar refractivity (Wildman–Crippen MR) is 83.0 cm³/mol. The number of hydrogen-bond donors (Lipinski definition) is 0. The summed E-state index contributed by atoms with van der Waals surface area (Å²) in [4.78, 5) is 18.3. The van der Waals surface area contributed by atoms with E-state index >= 15 is 0 Å². The van der Waals surface area contributed by atoms with Crippen LogP contribution in [0, 0.1) is 5.92 Å². The molecule has 0 N–H and O–H groups in total. The molecule has 2 fully saturated rings. The molecule has 6 heteroatoms. The van der Waals surface area contributed by atoms with E-state index < -0.39 is 11.9 Å². The van der Waals surface area contributed by atoms with Crippen LogP contribution in [0.2, 0.25) is 0 Å². The minimum atomic E-state index is -2.63. The van der Waals surface area contributed by atoms with Gasteiger partial charge in [0.25, 0.3) is 0 Å². The number of carbonyl (C=O) groups is 1. The van der Waals surface area contributed by atoms with E-state index in [1.807, 2.05) is 6.07 Å². The molecule has 126 valence electrons. The second kappa shape index (κ2) is 6.42. The molecule has 3 rings (SSSR count). The standard InChI is InChI=1S/C17H22F2N2O2/c1-23-16(22)14-10-13(9-12-3-4-12)11-20-15(14)21-7-2-5-17(18,19)6-8-21/h10-12H,2-9H2,1H3. The highest BCUT2D eigenvalue weighted by molar-refractivity contribution is 5.95. The topological polar surface area (TPSA) is 42.4 Å². The predicted octanol–water partition coefficient (Wildman–Crippen LogP) is 3.45. The fourth-order valence-electron chi connectivity index (χ4n) is 3.06. The summed E-state index contributed by atoms with van der Waals surface area (Å²) in [6.07, 6.45) is 5.18. The molecule has 0 spiro atoms. The Morgan fingerprint density at radius 1 is 1.39 bits per heavy atom. The van der Waals surface area contributed by atoms with Crippen LogP contribution in [0.1, 0.15) is 48.0 Å². The van der Waals surface area contributed by atoms with Gasteiger partial charge in [-0.1, -0.05) is 0 Å². The Kier molecular flexibility index (Phi) is 4.50. The quantitative estimate of drug-likeness (QED) is 0.796. The van der Waals surface area contributed by atoms with Crippen molar-refractivity contribution in [3.63, 3.8) is 0 Å². The molecular formula is C17H22F2N2O2. The summed E-state index contributed by atoms with van der Waals surface area (Å²) in [7, 11) is 1.33. The summed E-state index contributed by atoms with van der Waals surface area (Å²) in [5.74, 6) is -1.94. The van der Waals surface area contributed by atoms with Crippen molar-refractivity contribution in [2.45, 2.75) is 44.4 Å². The molecule has 0 aromatic carbocycles. The summed E-state index contributed by atoms with van der Waals surface area (Å²) in [6, 6.07) is 1.82. The van der Waals surface area contributed by atoms with Crippen LogP contribution in [0.15, 0.2) is 12.3 Å². The lowest BCUT2D eigenvalue weighted by molar-refractivity contribution is -0.0102. The van der Waals surface area contributed by atoms with Gasteiger partial charge in [0.15, 0.2) is 0 Å². The molecule has 2 heterocycles. The van der Waals surface area contributed by atoms with Crippen LogP contribution in [0.4, 0.5) is 14.6 Å². The molecule has 0 amide bonds. The first-order valence-corrected chi connectivity index (χ1v) is 8.18. The maximum Gasteiger partial charge on any atom is 0.341 e. The van der Waals surface area contributed by atoms with Crippen molar-refractivity contribution < 1.29 is 18.3 Å². The number of esters is 1. The van der Waals surface area contributed by atoms with Crippen molar-refractivity contribution in [2.24, 2.45) is 5.92 Å². The van der Waals surface area contributed by atoms with Gasteiger partial charge in [0.2, 0.25) is 5.92 Å². The number of aromatic nitrogens is 1. The minimum absolute atomic E-state index is 0.114. The maximum atomic E-state index is 13.6. The first-order chi connectivity index (χ1) is 11.0. The van der Waals surface area contributed by atoms with E-state index in [1.54, 1.807) is 11.1 Å². The van der Waals surface area contributed by atoms with E-state index in [2.05, 4.69) is 4.98 Å². The molecule has 23 heavy (non-hydrogen) atoms. The summed E-state index contributed by atoms with van der Waals surface area (Å²) in [5.41, 5.74) is 1.40. The number of halogens is 2. The van der Waals surface area contributed by atoms with Gasteiger partial charge in [-0.05, 0) is 43.2 Å². The van der Waals surface area contributed by atoms with Gasteiger partial charge in [-0.15, -0.1) is 0 Å². The van der Waals surface area contributed by atoms with Crippen molar-refractivity contribution in [3.05, 3.63) is 23.4 Å². The van der Waals surface area contributed by atoms with Crippen LogP contribution in [0.3, 0.4) is 0 Å². The van der Waals surface area contributed by atoms with Crippen molar-refractivity contribution in [3.8, 4) is 0 Å². The number of anilines is 1. The zero-order valence-corrected chi connectivity index (χ0v) is 13.4. The van der Waals surface area contributed by atoms with Gasteiger partial charge in [0.05, 0.1) is 7.11 Å². The number of rotatable bonds is 4. The average Bonchev–Trinajstić information content (AvgIpc) is 3.34. The summed E-state index contributed by atoms with van der Waals surface area (Å²) in [6.45, 7) is 0.681. The molecule has 0 radical (unpaired) electrons. The zero-order valence-electron chi connectivity index (χ0n) is 13.4. The fraction of sp³-hybridized carbons (Fsp3) is 0.647. The Labute approximate surface area is 134 Å². The Morgan fingerprint density at radius 3 is 2.87 bits per heavy atom. The summed E-state index contributed by atoms with van der Waals surface area (Å²) >= 11 is 0. The summed E-state index contributed by atoms with van der Waals surface area (Å²) in [5, 5.41) is 0. The van der Waals surface area contributed by atoms with E-state index in [0.717, 1.165) is 12.0 Å². The van der Waals surface area contributed by atoms with E-state index in [4.69, 9.17) is 4.74 Å². The third-order valence-corrected chi connectivity index (χ3v) is 4.57. The largest absolute Gasteiger partial charge is 0.465 e. The van der Waals surface area contributed by atoms with Crippen LogP contribution < -0.4 is 4.90 Å². The first-order valence-electron chi connectivity index (χ1n) is 8.18. The van der Waals surface area contributed by atoms with Gasteiger partial charge in [0, 0.05) is 32.1 Å². The van der Waals surface area contributed by atoms with Crippen molar-refractivity contribution >= 4 is 11.8 Å². The second-order valence-electron chi connectivity index (χ2n) is 6.55. The number of alkyl halides is 2.